The van der Waals surface area contributed by atoms with Gasteiger partial charge in [0.2, 0.25) is 0 Å². The molecule has 22 atom stereocenters. The third-order valence-electron chi connectivity index (χ3n) is 15.6. The van der Waals surface area contributed by atoms with Gasteiger partial charge >= 0.3 is 75.1 Å². The van der Waals surface area contributed by atoms with Crippen molar-refractivity contribution in [3.8, 4) is 0 Å². The highest BCUT2D eigenvalue weighted by Gasteiger charge is 2.51. The first kappa shape index (κ1) is 101. The van der Waals surface area contributed by atoms with Crippen LogP contribution in [0.2, 0.25) is 0 Å². The third-order valence-corrected chi connectivity index (χ3v) is 31.1. The molecule has 6 fully saturated rings. The Labute approximate surface area is 601 Å². The summed E-state index contributed by atoms with van der Waals surface area (Å²) in [6.07, 6.45) is 1.85. The first-order valence-electron chi connectivity index (χ1n) is 30.9. The second kappa shape index (κ2) is 56.2. The van der Waals surface area contributed by atoms with Gasteiger partial charge in [0.25, 0.3) is 7.37 Å². The van der Waals surface area contributed by atoms with Gasteiger partial charge in [0.15, 0.2) is 34.3 Å². The van der Waals surface area contributed by atoms with Crippen molar-refractivity contribution in [3.63, 3.8) is 0 Å². The number of aldehydes is 1. The fourth-order valence-corrected chi connectivity index (χ4v) is 25.5. The summed E-state index contributed by atoms with van der Waals surface area (Å²) in [5.41, 5.74) is 0. The van der Waals surface area contributed by atoms with Gasteiger partial charge in [0.1, 0.15) is 80.6 Å². The Hall–Kier alpha value is -0.0500. The van der Waals surface area contributed by atoms with E-state index in [9.17, 15) is 69.8 Å². The SMILES string of the molecule is CC[C@H]1OC[C@H](OC)[C@@H]1C.CC[C@H]1OC[C@H](OC)[C@@H]1O.CO[C@H]1CO[C@H](/C=C/P(=O)(COP=O)COP=O)[C@H]1C.CO[C@H]1CO[C@H](/C=C/P(=O)(COP=O)COP=O)[C@H]1O.CO[C@H]1CO[C@H](C=O)[C@H]1C.CO[C@H]1CO[C@H](CO)[C@H]1C.C[P+](=O)OP(=O)(COP=O)CP(=O)(O[P+](C)=O)O[P+](C)=O. The quantitative estimate of drug-likeness (QED) is 0.0384. The lowest BCUT2D eigenvalue weighted by molar-refractivity contribution is -0.116. The molecule has 0 bridgehead atoms. The summed E-state index contributed by atoms with van der Waals surface area (Å²) in [6, 6.07) is 0. The van der Waals surface area contributed by atoms with Crippen LogP contribution in [0, 0.1) is 23.7 Å². The predicted octanol–water partition coefficient (Wildman–Crippen LogP) is 11.9. The van der Waals surface area contributed by atoms with Crippen LogP contribution in [0.25, 0.3) is 0 Å². The van der Waals surface area contributed by atoms with Crippen molar-refractivity contribution in [2.24, 2.45) is 23.7 Å². The molecule has 101 heavy (non-hydrogen) atoms. The van der Waals surface area contributed by atoms with E-state index in [4.69, 9.17) is 61.9 Å². The number of hydrogen-bond donors (Lipinski definition) is 3. The molecule has 0 saturated carbocycles. The van der Waals surface area contributed by atoms with E-state index >= 15 is 0 Å². The van der Waals surface area contributed by atoms with Gasteiger partial charge in [0, 0.05) is 66.3 Å². The van der Waals surface area contributed by atoms with Gasteiger partial charge in [0.05, 0.1) is 95.1 Å². The Morgan fingerprint density at radius 3 is 1.06 bits per heavy atom. The molecule has 0 aromatic heterocycles. The number of aliphatic hydroxyl groups excluding tert-OH is 3. The van der Waals surface area contributed by atoms with E-state index in [2.05, 4.69) is 49.4 Å². The molecule has 586 valence electrons. The van der Waals surface area contributed by atoms with Crippen LogP contribution >= 0.6 is 96.8 Å². The van der Waals surface area contributed by atoms with Crippen molar-refractivity contribution < 1.29 is 167 Å². The molecular formula is C53H101O36P12+3. The van der Waals surface area contributed by atoms with E-state index in [0.29, 0.717) is 50.5 Å². The Bertz CT molecular complexity index is 2470. The molecule has 0 aliphatic carbocycles. The van der Waals surface area contributed by atoms with E-state index in [1.54, 1.807) is 41.6 Å². The Kier molecular flexibility index (Phi) is 56.2. The summed E-state index contributed by atoms with van der Waals surface area (Å²) in [7, 11) is -15.2. The minimum absolute atomic E-state index is 0.00291. The number of carbonyl (C=O) groups excluding carboxylic acids is 1. The fraction of sp³-hybridized carbons (Fsp3) is 0.906. The zero-order valence-corrected chi connectivity index (χ0v) is 69.8. The van der Waals surface area contributed by atoms with Crippen LogP contribution in [0.4, 0.5) is 0 Å². The normalized spacial score (nSPS) is 32.0. The lowest BCUT2D eigenvalue weighted by Crippen LogP contribution is -2.30. The Balaban J connectivity index is 0.00000118. The molecule has 0 radical (unpaired) electrons. The maximum Gasteiger partial charge on any atom is 0.513 e. The van der Waals surface area contributed by atoms with Crippen molar-refractivity contribution in [1.82, 2.24) is 0 Å². The van der Waals surface area contributed by atoms with E-state index in [-0.39, 0.29) is 99.3 Å². The van der Waals surface area contributed by atoms with Gasteiger partial charge in [-0.1, -0.05) is 60.6 Å². The molecule has 48 heteroatoms. The summed E-state index contributed by atoms with van der Waals surface area (Å²) in [5.74, 6) is 2.97. The second-order valence-electron chi connectivity index (χ2n) is 22.6. The maximum absolute atomic E-state index is 12.4. The molecule has 0 aromatic rings. The average molecular weight is 1690 g/mol. The highest BCUT2D eigenvalue weighted by atomic mass is 31.3. The van der Waals surface area contributed by atoms with Crippen LogP contribution in [-0.4, -0.2) is 254 Å². The van der Waals surface area contributed by atoms with Crippen LogP contribution in [0.15, 0.2) is 23.8 Å². The number of ether oxygens (including phenoxy) is 12. The maximum atomic E-state index is 12.4. The summed E-state index contributed by atoms with van der Waals surface area (Å²) in [6.45, 7) is 18.8. The smallest absolute Gasteiger partial charge is 0.394 e. The van der Waals surface area contributed by atoms with Crippen molar-refractivity contribution in [1.29, 1.82) is 0 Å². The molecule has 0 spiro atoms. The molecule has 0 aromatic carbocycles. The van der Waals surface area contributed by atoms with E-state index in [0.717, 1.165) is 45.7 Å². The molecule has 6 heterocycles. The topological polar surface area (TPSA) is 467 Å². The van der Waals surface area contributed by atoms with Crippen molar-refractivity contribution in [2.45, 2.75) is 140 Å². The molecule has 6 rings (SSSR count). The largest absolute Gasteiger partial charge is 0.513 e. The molecule has 36 nitrogen and oxygen atoms in total. The van der Waals surface area contributed by atoms with Gasteiger partial charge in [-0.2, -0.15) is 0 Å². The highest BCUT2D eigenvalue weighted by molar-refractivity contribution is 7.80. The molecule has 6 aliphatic rings. The second-order valence-corrected chi connectivity index (χ2v) is 38.9. The summed E-state index contributed by atoms with van der Waals surface area (Å²) < 4.78 is 233. The molecule has 3 N–H and O–H groups in total. The zero-order valence-electron chi connectivity index (χ0n) is 59.1. The number of carbonyl (C=O) groups is 1. The lowest BCUT2D eigenvalue weighted by atomic mass is 10.00. The fourth-order valence-electron chi connectivity index (χ4n) is 9.72. The van der Waals surface area contributed by atoms with Crippen LogP contribution in [0.5, 0.6) is 0 Å². The lowest BCUT2D eigenvalue weighted by Gasteiger charge is -2.15. The number of methoxy groups -OCH3 is 6. The van der Waals surface area contributed by atoms with Gasteiger partial charge in [-0.15, -0.1) is 0 Å². The molecule has 0 amide bonds. The van der Waals surface area contributed by atoms with E-state index < -0.39 is 133 Å². The minimum atomic E-state index is -4.32. The Morgan fingerprint density at radius 2 is 0.752 bits per heavy atom. The highest BCUT2D eigenvalue weighted by Crippen LogP contribution is 2.70. The van der Waals surface area contributed by atoms with Crippen molar-refractivity contribution in [3.05, 3.63) is 23.8 Å². The zero-order chi connectivity index (χ0) is 76.9. The van der Waals surface area contributed by atoms with Crippen LogP contribution in [-0.2, 0) is 152 Å². The van der Waals surface area contributed by atoms with Crippen LogP contribution in [0.1, 0.15) is 54.4 Å². The van der Waals surface area contributed by atoms with Gasteiger partial charge < -0.3 is 86.1 Å². The average Bonchev–Trinajstić information content (AvgIpc) is 1.82. The number of hydrogen-bond acceptors (Lipinski definition) is 36. The molecule has 4 unspecified atom stereocenters. The van der Waals surface area contributed by atoms with Gasteiger partial charge in [-0.05, 0) is 44.2 Å². The standard InChI is InChI=1S/C10H17O7P3.C9H15O8P3.C8H16O2.C7H14O3.C7H12O3.C7H14O3.C5H13O10P6/c1-8-9(15-5-10(8)14-2)3-4-20(13,6-16-18-11)7-17-19-12;1-14-8-4-15-7(9(8)10)2-3-20(13,5-16-18-11)6-17-19-12;1-4-7-6(2)8(9-3)5-10-7;2*1-5-6(3-8)10-4-7(5)9-2;1-3-5-7(8)6(9-2)4-10-5;1-17(7)13-20(10,4-12-16-6)5-21(11,14-18(2)8)15-19(3)9/h3-4,8-10H,5-7H2,1-2H3;2-3,7-10H,4-6H2,1H3;6-8H,4-5H2,1-3H3;5-8H,3-4H2,1-2H3;3,5-7H,4H2,1-2H3;5-8H,3-4H2,1-2H3;4-5H2,1-3H3/q;;;;;;+3/b4-3+;3-2+;;;;;/t8-,9-,10+;7-,8+,9-;6-,7-,8+;2*5-,6-,7+;5-,6+,7-;/m111111./s1. The molecular weight excluding hydrogens is 1580 g/mol. The van der Waals surface area contributed by atoms with Gasteiger partial charge in [-0.25, -0.2) is 22.8 Å². The summed E-state index contributed by atoms with van der Waals surface area (Å²) in [5, 5.41) is 28.0. The third kappa shape index (κ3) is 39.4. The van der Waals surface area contributed by atoms with Crippen molar-refractivity contribution >= 4 is 103 Å². The Morgan fingerprint density at radius 1 is 0.436 bits per heavy atom. The molecule has 6 aliphatic heterocycles. The van der Waals surface area contributed by atoms with Crippen LogP contribution < -0.4 is 0 Å². The van der Waals surface area contributed by atoms with Crippen LogP contribution in [0.3, 0.4) is 0 Å². The number of aliphatic hydroxyl groups is 3. The summed E-state index contributed by atoms with van der Waals surface area (Å²) >= 11 is 0. The minimum Gasteiger partial charge on any atom is -0.394 e. The number of rotatable bonds is 37. The molecule has 6 saturated heterocycles. The van der Waals surface area contributed by atoms with Crippen molar-refractivity contribution in [2.75, 3.05) is 147 Å². The summed E-state index contributed by atoms with van der Waals surface area (Å²) in [4.78, 5) is 10.3. The van der Waals surface area contributed by atoms with Gasteiger partial charge in [-0.3, -0.25) is 31.7 Å². The first-order chi connectivity index (χ1) is 47.8. The van der Waals surface area contributed by atoms with E-state index in [1.807, 2.05) is 27.7 Å². The monoisotopic (exact) mass is 1690 g/mol. The first-order valence-corrected chi connectivity index (χ1v) is 47.4. The predicted molar refractivity (Wildman–Crippen MR) is 371 cm³/mol. The van der Waals surface area contributed by atoms with E-state index in [1.165, 1.54) is 24.8 Å².